The van der Waals surface area contributed by atoms with Crippen molar-refractivity contribution in [2.45, 2.75) is 0 Å². The number of thiophene rings is 1. The molecule has 0 N–H and O–H groups in total. The smallest absolute Gasteiger partial charge is 0.124 e. The first-order valence-electron chi connectivity index (χ1n) is 14.8. The number of fused-ring (bicyclic) bond motifs is 3. The van der Waals surface area contributed by atoms with Crippen LogP contribution < -0.4 is 4.90 Å². The summed E-state index contributed by atoms with van der Waals surface area (Å²) in [6, 6.07) is 58.3. The van der Waals surface area contributed by atoms with Crippen molar-refractivity contribution in [3.8, 4) is 33.4 Å². The van der Waals surface area contributed by atoms with E-state index >= 15 is 0 Å². The Balaban J connectivity index is 1.18. The Morgan fingerprint density at radius 2 is 0.818 bits per heavy atom. The Morgan fingerprint density at radius 1 is 0.386 bits per heavy atom. The van der Waals surface area contributed by atoms with E-state index in [4.69, 9.17) is 4.98 Å². The van der Waals surface area contributed by atoms with Gasteiger partial charge in [0.1, 0.15) is 4.83 Å². The van der Waals surface area contributed by atoms with Gasteiger partial charge in [0.05, 0.1) is 11.9 Å². The van der Waals surface area contributed by atoms with Crippen LogP contribution in [-0.2, 0) is 0 Å². The molecule has 2 aromatic heterocycles. The molecule has 0 amide bonds. The predicted molar refractivity (Wildman–Crippen MR) is 188 cm³/mol. The molecule has 44 heavy (non-hydrogen) atoms. The topological polar surface area (TPSA) is 16.1 Å². The van der Waals surface area contributed by atoms with Gasteiger partial charge in [0, 0.05) is 26.8 Å². The van der Waals surface area contributed by atoms with Crippen LogP contribution in [0.1, 0.15) is 0 Å². The minimum Gasteiger partial charge on any atom is -0.309 e. The lowest BCUT2D eigenvalue weighted by Gasteiger charge is -2.25. The molecule has 208 valence electrons. The first kappa shape index (κ1) is 26.1. The molecule has 0 unspecified atom stereocenters. The molecule has 0 atom stereocenters. The van der Waals surface area contributed by atoms with Crippen molar-refractivity contribution in [3.63, 3.8) is 0 Å². The highest BCUT2D eigenvalue weighted by molar-refractivity contribution is 7.25. The molecule has 0 saturated carbocycles. The van der Waals surface area contributed by atoms with E-state index < -0.39 is 0 Å². The van der Waals surface area contributed by atoms with Gasteiger partial charge in [-0.3, -0.25) is 0 Å². The number of pyridine rings is 1. The average molecular weight is 581 g/mol. The van der Waals surface area contributed by atoms with Gasteiger partial charge in [-0.2, -0.15) is 0 Å². The van der Waals surface area contributed by atoms with E-state index in [-0.39, 0.29) is 0 Å². The number of anilines is 3. The van der Waals surface area contributed by atoms with Crippen LogP contribution in [-0.4, -0.2) is 4.98 Å². The molecule has 3 heteroatoms. The fourth-order valence-electron chi connectivity index (χ4n) is 5.89. The van der Waals surface area contributed by atoms with Crippen LogP contribution in [0, 0.1) is 0 Å². The van der Waals surface area contributed by atoms with E-state index in [1.165, 1.54) is 48.9 Å². The summed E-state index contributed by atoms with van der Waals surface area (Å²) >= 11 is 1.74. The summed E-state index contributed by atoms with van der Waals surface area (Å²) in [5.74, 6) is 0. The third-order valence-corrected chi connectivity index (χ3v) is 9.26. The van der Waals surface area contributed by atoms with Gasteiger partial charge in [0.15, 0.2) is 0 Å². The maximum absolute atomic E-state index is 4.93. The summed E-state index contributed by atoms with van der Waals surface area (Å²) in [7, 11) is 0. The van der Waals surface area contributed by atoms with Gasteiger partial charge < -0.3 is 4.90 Å². The van der Waals surface area contributed by atoms with Crippen LogP contribution >= 0.6 is 11.3 Å². The van der Waals surface area contributed by atoms with E-state index in [2.05, 4.69) is 169 Å². The Hall–Kier alpha value is -5.51. The van der Waals surface area contributed by atoms with E-state index in [9.17, 15) is 0 Å². The third kappa shape index (κ3) is 4.94. The predicted octanol–water partition coefficient (Wildman–Crippen LogP) is 11.9. The number of hydrogen-bond donors (Lipinski definition) is 0. The fourth-order valence-corrected chi connectivity index (χ4v) is 6.92. The number of nitrogens with zero attached hydrogens (tertiary/aromatic N) is 2. The number of aromatic nitrogens is 1. The van der Waals surface area contributed by atoms with Crippen LogP contribution in [0.4, 0.5) is 17.1 Å². The molecular weight excluding hydrogens is 553 g/mol. The lowest BCUT2D eigenvalue weighted by atomic mass is 10.00. The van der Waals surface area contributed by atoms with Crippen molar-refractivity contribution in [1.82, 2.24) is 4.98 Å². The summed E-state index contributed by atoms with van der Waals surface area (Å²) < 4.78 is 1.26. The van der Waals surface area contributed by atoms with Crippen LogP contribution in [0.3, 0.4) is 0 Å². The van der Waals surface area contributed by atoms with Crippen molar-refractivity contribution in [3.05, 3.63) is 170 Å². The van der Waals surface area contributed by atoms with E-state index in [0.717, 1.165) is 21.9 Å². The maximum Gasteiger partial charge on any atom is 0.124 e. The maximum atomic E-state index is 4.93. The monoisotopic (exact) mass is 580 g/mol. The number of hydrogen-bond acceptors (Lipinski definition) is 3. The van der Waals surface area contributed by atoms with Crippen LogP contribution in [0.2, 0.25) is 0 Å². The SMILES string of the molecule is c1ccc(-c2ccc(-c3ccc(N(c4ccc(-c5ccccc5)cc4)c4cnc5sc6ccccc6c5c4)cc3)cc2)cc1. The minimum atomic E-state index is 1.04. The van der Waals surface area contributed by atoms with E-state index in [0.29, 0.717) is 0 Å². The lowest BCUT2D eigenvalue weighted by molar-refractivity contribution is 1.26. The van der Waals surface area contributed by atoms with Crippen molar-refractivity contribution < 1.29 is 0 Å². The first-order chi connectivity index (χ1) is 21.8. The minimum absolute atomic E-state index is 1.04. The zero-order valence-electron chi connectivity index (χ0n) is 24.0. The number of rotatable bonds is 6. The molecule has 8 aromatic rings. The molecule has 2 heterocycles. The Kier molecular flexibility index (Phi) is 6.71. The summed E-state index contributed by atoms with van der Waals surface area (Å²) in [5, 5.41) is 2.43. The second kappa shape index (κ2) is 11.3. The normalized spacial score (nSPS) is 11.2. The van der Waals surface area contributed by atoms with Gasteiger partial charge in [-0.1, -0.05) is 127 Å². The summed E-state index contributed by atoms with van der Waals surface area (Å²) in [6.45, 7) is 0. The average Bonchev–Trinajstić information content (AvgIpc) is 3.48. The van der Waals surface area contributed by atoms with Gasteiger partial charge >= 0.3 is 0 Å². The Bertz CT molecular complexity index is 2180. The highest BCUT2D eigenvalue weighted by Gasteiger charge is 2.16. The standard InChI is InChI=1S/C41H28N2S/c1-3-9-29(10-4-1)31-15-17-32(18-16-31)34-21-25-36(26-22-34)43(35-23-19-33(20-24-35)30-11-5-2-6-12-30)37-27-39-38-13-7-8-14-40(38)44-41(39)42-28-37/h1-28H. The molecule has 0 saturated heterocycles. The largest absolute Gasteiger partial charge is 0.309 e. The van der Waals surface area contributed by atoms with Crippen molar-refractivity contribution in [2.75, 3.05) is 4.90 Å². The third-order valence-electron chi connectivity index (χ3n) is 8.16. The Morgan fingerprint density at radius 3 is 1.34 bits per heavy atom. The fraction of sp³-hybridized carbons (Fsp3) is 0. The van der Waals surface area contributed by atoms with Gasteiger partial charge in [-0.15, -0.1) is 11.3 Å². The molecule has 0 aliphatic heterocycles. The second-order valence-corrected chi connectivity index (χ2v) is 11.9. The van der Waals surface area contributed by atoms with Gasteiger partial charge in [-0.25, -0.2) is 4.98 Å². The molecule has 0 spiro atoms. The van der Waals surface area contributed by atoms with Crippen LogP contribution in [0.15, 0.2) is 170 Å². The van der Waals surface area contributed by atoms with Crippen LogP contribution in [0.5, 0.6) is 0 Å². The first-order valence-corrected chi connectivity index (χ1v) is 15.6. The van der Waals surface area contributed by atoms with E-state index in [1.807, 2.05) is 6.20 Å². The molecular formula is C41H28N2S. The summed E-state index contributed by atoms with van der Waals surface area (Å²) in [5.41, 5.74) is 10.4. The lowest BCUT2D eigenvalue weighted by Crippen LogP contribution is -2.10. The van der Waals surface area contributed by atoms with Gasteiger partial charge in [0.25, 0.3) is 0 Å². The molecule has 0 aliphatic carbocycles. The number of benzene rings is 6. The van der Waals surface area contributed by atoms with Crippen molar-refractivity contribution in [2.24, 2.45) is 0 Å². The molecule has 8 rings (SSSR count). The Labute approximate surface area is 261 Å². The van der Waals surface area contributed by atoms with Crippen molar-refractivity contribution in [1.29, 1.82) is 0 Å². The highest BCUT2D eigenvalue weighted by atomic mass is 32.1. The van der Waals surface area contributed by atoms with Gasteiger partial charge in [0.2, 0.25) is 0 Å². The summed E-state index contributed by atoms with van der Waals surface area (Å²) in [4.78, 5) is 8.29. The van der Waals surface area contributed by atoms with Gasteiger partial charge in [-0.05, 0) is 69.8 Å². The molecule has 2 nitrogen and oxygen atoms in total. The highest BCUT2D eigenvalue weighted by Crippen LogP contribution is 2.40. The van der Waals surface area contributed by atoms with Crippen LogP contribution in [0.25, 0.3) is 53.7 Å². The second-order valence-electron chi connectivity index (χ2n) is 10.9. The molecule has 6 aromatic carbocycles. The van der Waals surface area contributed by atoms with E-state index in [1.54, 1.807) is 11.3 Å². The zero-order valence-corrected chi connectivity index (χ0v) is 24.8. The quantitative estimate of drug-likeness (QED) is 0.194. The molecule has 0 bridgehead atoms. The molecule has 0 radical (unpaired) electrons. The van der Waals surface area contributed by atoms with Crippen molar-refractivity contribution >= 4 is 48.7 Å². The summed E-state index contributed by atoms with van der Waals surface area (Å²) in [6.07, 6.45) is 2.00. The molecule has 0 fully saturated rings. The molecule has 0 aliphatic rings. The zero-order chi connectivity index (χ0) is 29.3.